The molecule has 38 heavy (non-hydrogen) atoms. The van der Waals surface area contributed by atoms with Crippen molar-refractivity contribution in [2.24, 2.45) is 4.99 Å². The minimum Gasteiger partial charge on any atom is -0.368 e. The Kier molecular flexibility index (Phi) is 7.07. The summed E-state index contributed by atoms with van der Waals surface area (Å²) in [5, 5.41) is 3.22. The number of benzene rings is 2. The molecule has 2 fully saturated rings. The van der Waals surface area contributed by atoms with Gasteiger partial charge in [0.2, 0.25) is 0 Å². The molecule has 3 aromatic rings. The average Bonchev–Trinajstić information content (AvgIpc) is 3.52. The molecule has 0 bridgehead atoms. The number of guanidine groups is 1. The highest BCUT2D eigenvalue weighted by Crippen LogP contribution is 2.31. The summed E-state index contributed by atoms with van der Waals surface area (Å²) in [6.07, 6.45) is 0.338. The second-order valence-corrected chi connectivity index (χ2v) is 12.3. The van der Waals surface area contributed by atoms with Crippen LogP contribution < -0.4 is 10.2 Å². The molecule has 0 spiro atoms. The first kappa shape index (κ1) is 25.3. The maximum absolute atomic E-state index is 13.0. The third kappa shape index (κ3) is 4.90. The summed E-state index contributed by atoms with van der Waals surface area (Å²) in [5.41, 5.74) is 2.13. The molecule has 6 rings (SSSR count). The van der Waals surface area contributed by atoms with E-state index in [1.807, 2.05) is 36.4 Å². The number of thiazole rings is 1. The number of likely N-dealkylation sites (N-methyl/N-ethyl adjacent to an activating group) is 1. The predicted octanol–water partition coefficient (Wildman–Crippen LogP) is 3.80. The fourth-order valence-corrected chi connectivity index (χ4v) is 7.41. The Morgan fingerprint density at radius 3 is 2.66 bits per heavy atom. The number of nitrogens with zero attached hydrogens (tertiary/aromatic N) is 6. The van der Waals surface area contributed by atoms with Crippen LogP contribution in [0.15, 0.2) is 57.9 Å². The molecule has 2 saturated heterocycles. The van der Waals surface area contributed by atoms with E-state index in [2.05, 4.69) is 32.1 Å². The number of nitrogens with one attached hydrogen (secondary N) is 1. The first-order valence-electron chi connectivity index (χ1n) is 12.6. The summed E-state index contributed by atoms with van der Waals surface area (Å²) in [5.74, 6) is 1.39. The summed E-state index contributed by atoms with van der Waals surface area (Å²) in [6, 6.07) is 15.1. The van der Waals surface area contributed by atoms with Crippen LogP contribution >= 0.6 is 34.7 Å². The van der Waals surface area contributed by atoms with Gasteiger partial charge in [-0.25, -0.2) is 14.8 Å². The second-order valence-electron chi connectivity index (χ2n) is 9.49. The van der Waals surface area contributed by atoms with E-state index in [0.717, 1.165) is 64.9 Å². The number of hydrogen-bond donors (Lipinski definition) is 1. The maximum Gasteiger partial charge on any atom is 0.325 e. The van der Waals surface area contributed by atoms with Crippen molar-refractivity contribution >= 4 is 68.5 Å². The van der Waals surface area contributed by atoms with Crippen LogP contribution in [0.4, 0.5) is 10.5 Å². The molecule has 0 aliphatic carbocycles. The van der Waals surface area contributed by atoms with Gasteiger partial charge in [0.05, 0.1) is 10.2 Å². The van der Waals surface area contributed by atoms with E-state index >= 15 is 0 Å². The van der Waals surface area contributed by atoms with Gasteiger partial charge < -0.3 is 19.6 Å². The number of piperazine rings is 1. The number of halogens is 1. The van der Waals surface area contributed by atoms with Crippen LogP contribution in [0, 0.1) is 0 Å². The Labute approximate surface area is 234 Å². The Balaban J connectivity index is 1.14. The molecule has 2 unspecified atom stereocenters. The second kappa shape index (κ2) is 10.6. The van der Waals surface area contributed by atoms with Gasteiger partial charge in [0.15, 0.2) is 22.5 Å². The number of thioether (sulfide) groups is 1. The lowest BCUT2D eigenvalue weighted by molar-refractivity contribution is -0.127. The smallest absolute Gasteiger partial charge is 0.325 e. The largest absolute Gasteiger partial charge is 0.368 e. The van der Waals surface area contributed by atoms with Crippen molar-refractivity contribution in [3.05, 3.63) is 53.6 Å². The molecule has 12 heteroatoms. The van der Waals surface area contributed by atoms with E-state index in [1.54, 1.807) is 30.1 Å². The molecule has 3 aliphatic rings. The number of imide groups is 1. The number of anilines is 1. The van der Waals surface area contributed by atoms with E-state index in [0.29, 0.717) is 6.54 Å². The Bertz CT molecular complexity index is 1360. The van der Waals surface area contributed by atoms with Crippen LogP contribution in [0.3, 0.4) is 0 Å². The van der Waals surface area contributed by atoms with Crippen molar-refractivity contribution in [1.82, 2.24) is 25.0 Å². The highest BCUT2D eigenvalue weighted by Gasteiger charge is 2.49. The van der Waals surface area contributed by atoms with Gasteiger partial charge in [-0.1, -0.05) is 41.6 Å². The van der Waals surface area contributed by atoms with Crippen molar-refractivity contribution in [1.29, 1.82) is 0 Å². The van der Waals surface area contributed by atoms with Crippen LogP contribution in [-0.2, 0) is 4.79 Å². The number of hydrogen-bond acceptors (Lipinski definition) is 9. The number of rotatable bonds is 6. The lowest BCUT2D eigenvalue weighted by Crippen LogP contribution is -2.64. The Hall–Kier alpha value is -3.02. The lowest BCUT2D eigenvalue weighted by Gasteiger charge is -2.41. The predicted molar refractivity (Wildman–Crippen MR) is 153 cm³/mol. The number of carbonyl (C=O) groups is 2. The molecule has 0 radical (unpaired) electrons. The zero-order valence-corrected chi connectivity index (χ0v) is 23.3. The van der Waals surface area contributed by atoms with Gasteiger partial charge in [0.1, 0.15) is 0 Å². The first-order chi connectivity index (χ1) is 18.5. The van der Waals surface area contributed by atoms with Gasteiger partial charge in [-0.3, -0.25) is 10.1 Å². The summed E-state index contributed by atoms with van der Waals surface area (Å²) in [7, 11) is 1.70. The number of carbonyl (C=O) groups excluding carboxylic acids is 2. The third-order valence-corrected chi connectivity index (χ3v) is 9.62. The van der Waals surface area contributed by atoms with E-state index in [9.17, 15) is 9.59 Å². The quantitative estimate of drug-likeness (QED) is 0.357. The van der Waals surface area contributed by atoms with Crippen molar-refractivity contribution in [2.75, 3.05) is 50.4 Å². The molecule has 9 nitrogen and oxygen atoms in total. The van der Waals surface area contributed by atoms with Crippen LogP contribution in [0.2, 0.25) is 5.02 Å². The molecule has 198 valence electrons. The van der Waals surface area contributed by atoms with Crippen molar-refractivity contribution in [2.45, 2.75) is 23.0 Å². The van der Waals surface area contributed by atoms with E-state index < -0.39 is 18.2 Å². The average molecular weight is 570 g/mol. The number of fused-ring (bicyclic) bond motifs is 2. The molecular formula is C26H28ClN7O2S2. The normalized spacial score (nSPS) is 21.7. The Morgan fingerprint density at radius 1 is 1.08 bits per heavy atom. The van der Waals surface area contributed by atoms with Gasteiger partial charge in [-0.2, -0.15) is 0 Å². The van der Waals surface area contributed by atoms with Gasteiger partial charge in [-0.05, 0) is 36.8 Å². The molecule has 4 heterocycles. The first-order valence-corrected chi connectivity index (χ1v) is 14.8. The zero-order chi connectivity index (χ0) is 26.2. The highest BCUT2D eigenvalue weighted by molar-refractivity contribution is 8.01. The molecule has 2 atom stereocenters. The summed E-state index contributed by atoms with van der Waals surface area (Å²) in [6.45, 7) is 3.83. The van der Waals surface area contributed by atoms with Crippen LogP contribution in [0.5, 0.6) is 0 Å². The number of urea groups is 1. The summed E-state index contributed by atoms with van der Waals surface area (Å²) < 4.78 is 2.24. The molecule has 1 aromatic heterocycles. The summed E-state index contributed by atoms with van der Waals surface area (Å²) in [4.78, 5) is 43.1. The van der Waals surface area contributed by atoms with Gasteiger partial charge in [0, 0.05) is 56.2 Å². The Morgan fingerprint density at radius 2 is 1.87 bits per heavy atom. The monoisotopic (exact) mass is 569 g/mol. The van der Waals surface area contributed by atoms with Gasteiger partial charge in [-0.15, -0.1) is 11.3 Å². The van der Waals surface area contributed by atoms with Gasteiger partial charge in [0.25, 0.3) is 5.91 Å². The molecule has 1 N–H and O–H groups in total. The van der Waals surface area contributed by atoms with Crippen molar-refractivity contribution in [3.8, 4) is 0 Å². The number of amides is 3. The fraction of sp³-hybridized carbons (Fsp3) is 0.385. The van der Waals surface area contributed by atoms with Crippen molar-refractivity contribution < 1.29 is 9.59 Å². The van der Waals surface area contributed by atoms with E-state index in [1.165, 1.54) is 9.60 Å². The SMILES string of the molecule is CN1C(=O)NC(=O)C2C1N=C(N1CCN(c3cccc(Cl)c3)CC1)N2CCCSc1nc2ccccc2s1. The summed E-state index contributed by atoms with van der Waals surface area (Å²) >= 11 is 9.65. The zero-order valence-electron chi connectivity index (χ0n) is 20.9. The van der Waals surface area contributed by atoms with Crippen LogP contribution in [-0.4, -0.2) is 95.3 Å². The number of aromatic nitrogens is 1. The molecule has 3 amide bonds. The minimum absolute atomic E-state index is 0.284. The molecular weight excluding hydrogens is 542 g/mol. The van der Waals surface area contributed by atoms with Crippen LogP contribution in [0.1, 0.15) is 6.42 Å². The standard InChI is InChI=1S/C26H28ClN7O2S2/c1-31-22-21(23(35)30-25(31)36)34(10-5-15-37-26-28-19-8-2-3-9-20(19)38-26)24(29-22)33-13-11-32(12-14-33)18-7-4-6-17(27)16-18/h2-4,6-9,16,21-22H,5,10-15H2,1H3,(H,30,35,36). The third-order valence-electron chi connectivity index (χ3n) is 7.12. The molecule has 3 aliphatic heterocycles. The van der Waals surface area contributed by atoms with Gasteiger partial charge >= 0.3 is 6.03 Å². The minimum atomic E-state index is -0.522. The number of para-hydroxylation sites is 1. The molecule has 2 aromatic carbocycles. The molecule has 0 saturated carbocycles. The van der Waals surface area contributed by atoms with Crippen LogP contribution in [0.25, 0.3) is 10.2 Å². The maximum atomic E-state index is 13.0. The van der Waals surface area contributed by atoms with E-state index in [4.69, 9.17) is 21.6 Å². The number of aliphatic imine (C=N–C) groups is 1. The van der Waals surface area contributed by atoms with E-state index in [-0.39, 0.29) is 5.91 Å². The fourth-order valence-electron chi connectivity index (χ4n) is 5.16. The highest BCUT2D eigenvalue weighted by atomic mass is 35.5. The topological polar surface area (TPSA) is 84.4 Å². The van der Waals surface area contributed by atoms with Crippen molar-refractivity contribution in [3.63, 3.8) is 0 Å². The lowest BCUT2D eigenvalue weighted by atomic mass is 10.1.